The molecule has 0 heterocycles. The van der Waals surface area contributed by atoms with Crippen LogP contribution in [0.15, 0.2) is 66.4 Å². The van der Waals surface area contributed by atoms with Crippen molar-refractivity contribution in [2.24, 2.45) is 4.99 Å². The Labute approximate surface area is 110 Å². The van der Waals surface area contributed by atoms with Crippen LogP contribution in [0.5, 0.6) is 0 Å². The molecule has 0 saturated heterocycles. The van der Waals surface area contributed by atoms with Crippen molar-refractivity contribution in [3.8, 4) is 0 Å². The second-order valence-corrected chi connectivity index (χ2v) is 3.98. The third kappa shape index (κ3) is 3.19. The number of allylic oxidation sites excluding steroid dienone is 3. The van der Waals surface area contributed by atoms with E-state index in [0.717, 1.165) is 23.4 Å². The molecule has 0 spiro atoms. The highest BCUT2D eigenvalue weighted by molar-refractivity contribution is 6.11. The summed E-state index contributed by atoms with van der Waals surface area (Å²) in [5.74, 6) is 0. The lowest BCUT2D eigenvalue weighted by atomic mass is 10.1. The Kier molecular flexibility index (Phi) is 5.10. The molecule has 0 bridgehead atoms. The molecule has 1 rings (SSSR count). The summed E-state index contributed by atoms with van der Waals surface area (Å²) < 4.78 is 0. The van der Waals surface area contributed by atoms with Gasteiger partial charge in [-0.3, -0.25) is 0 Å². The summed E-state index contributed by atoms with van der Waals surface area (Å²) in [6.07, 6.45) is 4.34. The standard InChI is InChI=1S/C17H19N/c1-6-14(7-2)16(9-4)18-17-12-13(5)10-11-15(17)8-3/h6,9-12H,1-2,4,8H2,3,5H3. The van der Waals surface area contributed by atoms with Crippen LogP contribution in [0.3, 0.4) is 0 Å². The summed E-state index contributed by atoms with van der Waals surface area (Å²) in [6.45, 7) is 15.3. The zero-order valence-corrected chi connectivity index (χ0v) is 11.2. The Bertz CT molecular complexity index is 541. The summed E-state index contributed by atoms with van der Waals surface area (Å²) in [6, 6.07) is 6.29. The smallest absolute Gasteiger partial charge is 0.0780 e. The van der Waals surface area contributed by atoms with Gasteiger partial charge in [-0.1, -0.05) is 44.9 Å². The first-order valence-corrected chi connectivity index (χ1v) is 5.99. The monoisotopic (exact) mass is 237 g/mol. The van der Waals surface area contributed by atoms with Crippen LogP contribution in [0, 0.1) is 6.92 Å². The Morgan fingerprint density at radius 3 is 2.56 bits per heavy atom. The van der Waals surface area contributed by atoms with Crippen molar-refractivity contribution in [1.29, 1.82) is 0 Å². The Morgan fingerprint density at radius 2 is 2.06 bits per heavy atom. The molecule has 0 fully saturated rings. The molecule has 0 N–H and O–H groups in total. The predicted octanol–water partition coefficient (Wildman–Crippen LogP) is 4.71. The van der Waals surface area contributed by atoms with Crippen molar-refractivity contribution < 1.29 is 0 Å². The molecule has 0 atom stereocenters. The number of benzene rings is 1. The zero-order valence-electron chi connectivity index (χ0n) is 11.2. The van der Waals surface area contributed by atoms with Gasteiger partial charge in [-0.25, -0.2) is 4.99 Å². The van der Waals surface area contributed by atoms with E-state index in [2.05, 4.69) is 62.5 Å². The molecule has 0 aliphatic rings. The van der Waals surface area contributed by atoms with Crippen LogP contribution in [0.4, 0.5) is 5.69 Å². The van der Waals surface area contributed by atoms with Gasteiger partial charge in [-0.15, -0.1) is 5.73 Å². The molecule has 0 aliphatic heterocycles. The van der Waals surface area contributed by atoms with E-state index in [1.165, 1.54) is 11.1 Å². The van der Waals surface area contributed by atoms with Crippen molar-refractivity contribution in [1.82, 2.24) is 0 Å². The lowest BCUT2D eigenvalue weighted by Crippen LogP contribution is -1.95. The summed E-state index contributed by atoms with van der Waals surface area (Å²) >= 11 is 0. The molecule has 1 aromatic rings. The van der Waals surface area contributed by atoms with Gasteiger partial charge in [0.05, 0.1) is 11.4 Å². The SMILES string of the molecule is C=C=C(C=C)C(C=C)=Nc1cc(C)ccc1CC. The lowest BCUT2D eigenvalue weighted by molar-refractivity contribution is 1.13. The van der Waals surface area contributed by atoms with Crippen molar-refractivity contribution in [3.63, 3.8) is 0 Å². The lowest BCUT2D eigenvalue weighted by Gasteiger charge is -2.06. The average molecular weight is 237 g/mol. The molecule has 18 heavy (non-hydrogen) atoms. The molecular weight excluding hydrogens is 218 g/mol. The van der Waals surface area contributed by atoms with Gasteiger partial charge in [0.15, 0.2) is 0 Å². The maximum absolute atomic E-state index is 4.64. The molecule has 0 aromatic heterocycles. The van der Waals surface area contributed by atoms with E-state index in [1.54, 1.807) is 12.2 Å². The van der Waals surface area contributed by atoms with Crippen LogP contribution in [0.2, 0.25) is 0 Å². The molecule has 0 saturated carbocycles. The van der Waals surface area contributed by atoms with Crippen LogP contribution >= 0.6 is 0 Å². The topological polar surface area (TPSA) is 12.4 Å². The normalized spacial score (nSPS) is 10.7. The van der Waals surface area contributed by atoms with Crippen LogP contribution in [0.25, 0.3) is 0 Å². The minimum atomic E-state index is 0.750. The minimum absolute atomic E-state index is 0.750. The molecule has 1 nitrogen and oxygen atoms in total. The minimum Gasteiger partial charge on any atom is -0.247 e. The Morgan fingerprint density at radius 1 is 1.33 bits per heavy atom. The van der Waals surface area contributed by atoms with E-state index in [4.69, 9.17) is 0 Å². The van der Waals surface area contributed by atoms with Gasteiger partial charge in [-0.2, -0.15) is 0 Å². The quantitative estimate of drug-likeness (QED) is 0.399. The number of hydrogen-bond acceptors (Lipinski definition) is 1. The third-order valence-electron chi connectivity index (χ3n) is 2.73. The predicted molar refractivity (Wildman–Crippen MR) is 80.7 cm³/mol. The molecule has 0 aliphatic carbocycles. The van der Waals surface area contributed by atoms with E-state index in [1.807, 2.05) is 0 Å². The van der Waals surface area contributed by atoms with Crippen LogP contribution < -0.4 is 0 Å². The molecular formula is C17H19N. The van der Waals surface area contributed by atoms with Gasteiger partial charge >= 0.3 is 0 Å². The molecule has 0 radical (unpaired) electrons. The highest BCUT2D eigenvalue weighted by atomic mass is 14.7. The van der Waals surface area contributed by atoms with Gasteiger partial charge < -0.3 is 0 Å². The fourth-order valence-electron chi connectivity index (χ4n) is 1.69. The van der Waals surface area contributed by atoms with Crippen LogP contribution in [-0.4, -0.2) is 5.71 Å². The van der Waals surface area contributed by atoms with Crippen molar-refractivity contribution in [2.45, 2.75) is 20.3 Å². The first-order chi connectivity index (χ1) is 8.65. The molecule has 1 aromatic carbocycles. The first kappa shape index (κ1) is 14.0. The van der Waals surface area contributed by atoms with E-state index in [0.29, 0.717) is 0 Å². The van der Waals surface area contributed by atoms with Gasteiger partial charge in [0.25, 0.3) is 0 Å². The maximum Gasteiger partial charge on any atom is 0.0780 e. The highest BCUT2D eigenvalue weighted by Gasteiger charge is 2.03. The number of aliphatic imine (C=N–C) groups is 1. The molecule has 0 unspecified atom stereocenters. The van der Waals surface area contributed by atoms with Crippen molar-refractivity contribution >= 4 is 11.4 Å². The van der Waals surface area contributed by atoms with E-state index < -0.39 is 0 Å². The second kappa shape index (κ2) is 6.58. The van der Waals surface area contributed by atoms with Crippen molar-refractivity contribution in [2.75, 3.05) is 0 Å². The summed E-state index contributed by atoms with van der Waals surface area (Å²) in [5, 5.41) is 0. The van der Waals surface area contributed by atoms with Gasteiger partial charge in [0.2, 0.25) is 0 Å². The maximum atomic E-state index is 4.64. The van der Waals surface area contributed by atoms with Gasteiger partial charge in [0.1, 0.15) is 0 Å². The summed E-state index contributed by atoms with van der Waals surface area (Å²) in [7, 11) is 0. The average Bonchev–Trinajstić information content (AvgIpc) is 2.39. The summed E-state index contributed by atoms with van der Waals surface area (Å²) in [5.41, 5.74) is 7.72. The Hall–Kier alpha value is -2.11. The van der Waals surface area contributed by atoms with Crippen molar-refractivity contribution in [3.05, 3.63) is 72.5 Å². The first-order valence-electron chi connectivity index (χ1n) is 5.99. The number of nitrogens with zero attached hydrogens (tertiary/aromatic N) is 1. The van der Waals surface area contributed by atoms with Crippen LogP contribution in [-0.2, 0) is 6.42 Å². The largest absolute Gasteiger partial charge is 0.247 e. The van der Waals surface area contributed by atoms with E-state index >= 15 is 0 Å². The zero-order chi connectivity index (χ0) is 13.5. The van der Waals surface area contributed by atoms with Crippen LogP contribution in [0.1, 0.15) is 18.1 Å². The van der Waals surface area contributed by atoms with E-state index in [-0.39, 0.29) is 0 Å². The highest BCUT2D eigenvalue weighted by Crippen LogP contribution is 2.22. The fourth-order valence-corrected chi connectivity index (χ4v) is 1.69. The number of hydrogen-bond donors (Lipinski definition) is 0. The summed E-state index contributed by atoms with van der Waals surface area (Å²) in [4.78, 5) is 4.64. The number of rotatable bonds is 5. The molecule has 0 amide bonds. The van der Waals surface area contributed by atoms with Gasteiger partial charge in [0, 0.05) is 5.57 Å². The Balaban J connectivity index is 3.37. The van der Waals surface area contributed by atoms with E-state index in [9.17, 15) is 0 Å². The second-order valence-electron chi connectivity index (χ2n) is 3.98. The number of aryl methyl sites for hydroxylation is 2. The molecule has 92 valence electrons. The fraction of sp³-hybridized carbons (Fsp3) is 0.176. The third-order valence-corrected chi connectivity index (χ3v) is 2.73. The molecule has 1 heteroatoms. The van der Waals surface area contributed by atoms with Gasteiger partial charge in [-0.05, 0) is 36.6 Å².